The van der Waals surface area contributed by atoms with Gasteiger partial charge in [-0.05, 0) is 66.9 Å². The zero-order valence-corrected chi connectivity index (χ0v) is 17.7. The van der Waals surface area contributed by atoms with Crippen LogP contribution in [0.5, 0.6) is 11.5 Å². The van der Waals surface area contributed by atoms with Crippen molar-refractivity contribution in [2.45, 2.75) is 19.8 Å². The van der Waals surface area contributed by atoms with Gasteiger partial charge in [0.1, 0.15) is 11.5 Å². The molecule has 0 bridgehead atoms. The lowest BCUT2D eigenvalue weighted by molar-refractivity contribution is -0.164. The third-order valence-corrected chi connectivity index (χ3v) is 5.95. The molecular formula is C23H25NO4S. The maximum Gasteiger partial charge on any atom is 0.246 e. The average molecular weight is 412 g/mol. The number of benzene rings is 2. The first-order chi connectivity index (χ1) is 14.0. The van der Waals surface area contributed by atoms with Crippen LogP contribution in [-0.2, 0) is 11.2 Å². The van der Waals surface area contributed by atoms with E-state index < -0.39 is 0 Å². The van der Waals surface area contributed by atoms with E-state index in [-0.39, 0.29) is 18.9 Å². The highest BCUT2D eigenvalue weighted by molar-refractivity contribution is 7.16. The van der Waals surface area contributed by atoms with E-state index in [1.165, 1.54) is 0 Å². The van der Waals surface area contributed by atoms with E-state index in [1.807, 2.05) is 48.5 Å². The molecule has 2 aromatic carbocycles. The van der Waals surface area contributed by atoms with Crippen LogP contribution in [0.1, 0.15) is 18.2 Å². The highest BCUT2D eigenvalue weighted by Crippen LogP contribution is 2.40. The summed E-state index contributed by atoms with van der Waals surface area (Å²) in [5.74, 6) is 1.35. The standard InChI is InChI=1S/C23H25NO4S/c1-4-24(26)22(25)14-13-20-15-21(16-5-9-18(27-2)10-6-16)23(29-20)17-7-11-19(28-3)12-8-17/h5-12,15,26H,4,13-14H2,1-3H3. The Bertz CT molecular complexity index is 883. The molecule has 0 aliphatic carbocycles. The highest BCUT2D eigenvalue weighted by Gasteiger charge is 2.15. The Labute approximate surface area is 175 Å². The molecule has 1 aromatic heterocycles. The molecule has 1 amide bonds. The Morgan fingerprint density at radius 3 is 2.03 bits per heavy atom. The topological polar surface area (TPSA) is 59.0 Å². The van der Waals surface area contributed by atoms with Gasteiger partial charge in [-0.2, -0.15) is 0 Å². The molecule has 0 atom stereocenters. The molecule has 3 aromatic rings. The normalized spacial score (nSPS) is 10.6. The van der Waals surface area contributed by atoms with Crippen LogP contribution in [-0.4, -0.2) is 36.9 Å². The van der Waals surface area contributed by atoms with E-state index in [0.29, 0.717) is 6.42 Å². The van der Waals surface area contributed by atoms with Crippen LogP contribution < -0.4 is 9.47 Å². The Balaban J connectivity index is 1.94. The fourth-order valence-electron chi connectivity index (χ4n) is 3.04. The summed E-state index contributed by atoms with van der Waals surface area (Å²) in [4.78, 5) is 14.2. The SMILES string of the molecule is CCN(O)C(=O)CCc1cc(-c2ccc(OC)cc2)c(-c2ccc(OC)cc2)s1. The van der Waals surface area contributed by atoms with Crippen molar-refractivity contribution in [2.75, 3.05) is 20.8 Å². The summed E-state index contributed by atoms with van der Waals surface area (Å²) in [6.45, 7) is 2.03. The van der Waals surface area contributed by atoms with E-state index in [9.17, 15) is 10.0 Å². The summed E-state index contributed by atoms with van der Waals surface area (Å²) < 4.78 is 10.5. The Hall–Kier alpha value is -2.83. The third kappa shape index (κ3) is 4.96. The number of carbonyl (C=O) groups is 1. The number of rotatable bonds is 8. The molecule has 0 saturated heterocycles. The molecule has 0 radical (unpaired) electrons. The quantitative estimate of drug-likeness (QED) is 0.405. The largest absolute Gasteiger partial charge is 0.497 e. The van der Waals surface area contributed by atoms with Gasteiger partial charge < -0.3 is 9.47 Å². The fourth-order valence-corrected chi connectivity index (χ4v) is 4.23. The van der Waals surface area contributed by atoms with Crippen molar-refractivity contribution < 1.29 is 19.5 Å². The molecule has 3 rings (SSSR count). The zero-order valence-electron chi connectivity index (χ0n) is 16.8. The number of thiophene rings is 1. The van der Waals surface area contributed by atoms with E-state index >= 15 is 0 Å². The Morgan fingerprint density at radius 1 is 0.966 bits per heavy atom. The summed E-state index contributed by atoms with van der Waals surface area (Å²) in [5, 5.41) is 10.3. The minimum absolute atomic E-state index is 0.266. The number of amides is 1. The maximum absolute atomic E-state index is 12.0. The van der Waals surface area contributed by atoms with Crippen LogP contribution >= 0.6 is 11.3 Å². The molecule has 1 heterocycles. The first-order valence-corrected chi connectivity index (χ1v) is 10.3. The molecule has 0 fully saturated rings. The van der Waals surface area contributed by atoms with E-state index in [2.05, 4.69) is 6.07 Å². The Morgan fingerprint density at radius 2 is 1.52 bits per heavy atom. The van der Waals surface area contributed by atoms with Gasteiger partial charge in [0.05, 0.1) is 14.2 Å². The van der Waals surface area contributed by atoms with Gasteiger partial charge in [0.15, 0.2) is 0 Å². The van der Waals surface area contributed by atoms with Crippen molar-refractivity contribution in [3.8, 4) is 33.1 Å². The van der Waals surface area contributed by atoms with Gasteiger partial charge in [0.2, 0.25) is 5.91 Å². The predicted octanol–water partition coefficient (Wildman–Crippen LogP) is 5.27. The second-order valence-electron chi connectivity index (χ2n) is 6.52. The number of carbonyl (C=O) groups excluding carboxylic acids is 1. The van der Waals surface area contributed by atoms with Crippen molar-refractivity contribution in [2.24, 2.45) is 0 Å². The van der Waals surface area contributed by atoms with E-state index in [1.54, 1.807) is 32.5 Å². The molecule has 6 heteroatoms. The van der Waals surface area contributed by atoms with Gasteiger partial charge in [0.25, 0.3) is 0 Å². The lowest BCUT2D eigenvalue weighted by Gasteiger charge is -2.11. The van der Waals surface area contributed by atoms with Crippen LogP contribution in [0.25, 0.3) is 21.6 Å². The summed E-state index contributed by atoms with van der Waals surface area (Å²) in [5.41, 5.74) is 3.29. The first-order valence-electron chi connectivity index (χ1n) is 9.46. The molecular weight excluding hydrogens is 386 g/mol. The zero-order chi connectivity index (χ0) is 20.8. The fraction of sp³-hybridized carbons (Fsp3) is 0.261. The number of aryl methyl sites for hydroxylation is 1. The predicted molar refractivity (Wildman–Crippen MR) is 116 cm³/mol. The molecule has 1 N–H and O–H groups in total. The maximum atomic E-state index is 12.0. The van der Waals surface area contributed by atoms with Gasteiger partial charge in [-0.15, -0.1) is 11.3 Å². The van der Waals surface area contributed by atoms with Crippen molar-refractivity contribution in [1.29, 1.82) is 0 Å². The monoisotopic (exact) mass is 411 g/mol. The summed E-state index contributed by atoms with van der Waals surface area (Å²) in [6, 6.07) is 18.1. The minimum atomic E-state index is -0.266. The lowest BCUT2D eigenvalue weighted by Crippen LogP contribution is -2.26. The van der Waals surface area contributed by atoms with Gasteiger partial charge in [-0.3, -0.25) is 10.0 Å². The van der Waals surface area contributed by atoms with E-state index in [0.717, 1.165) is 43.0 Å². The van der Waals surface area contributed by atoms with Crippen LogP contribution in [0, 0.1) is 0 Å². The molecule has 0 saturated carbocycles. The van der Waals surface area contributed by atoms with Crippen LogP contribution in [0.3, 0.4) is 0 Å². The number of hydrogen-bond donors (Lipinski definition) is 1. The van der Waals surface area contributed by atoms with E-state index in [4.69, 9.17) is 9.47 Å². The smallest absolute Gasteiger partial charge is 0.246 e. The van der Waals surface area contributed by atoms with Gasteiger partial charge in [-0.1, -0.05) is 12.1 Å². The summed E-state index contributed by atoms with van der Waals surface area (Å²) >= 11 is 1.67. The average Bonchev–Trinajstić information content (AvgIpc) is 3.21. The number of nitrogens with zero attached hydrogens (tertiary/aromatic N) is 1. The molecule has 5 nitrogen and oxygen atoms in total. The molecule has 0 aliphatic rings. The lowest BCUT2D eigenvalue weighted by atomic mass is 10.0. The molecule has 29 heavy (non-hydrogen) atoms. The second-order valence-corrected chi connectivity index (χ2v) is 7.66. The first kappa shape index (κ1) is 20.9. The number of methoxy groups -OCH3 is 2. The highest BCUT2D eigenvalue weighted by atomic mass is 32.1. The Kier molecular flexibility index (Phi) is 6.90. The van der Waals surface area contributed by atoms with Crippen molar-refractivity contribution in [3.05, 3.63) is 59.5 Å². The number of hydroxylamine groups is 2. The van der Waals surface area contributed by atoms with Crippen LogP contribution in [0.2, 0.25) is 0 Å². The number of ether oxygens (including phenoxy) is 2. The minimum Gasteiger partial charge on any atom is -0.497 e. The van der Waals surface area contributed by atoms with Gasteiger partial charge >= 0.3 is 0 Å². The van der Waals surface area contributed by atoms with Crippen molar-refractivity contribution in [1.82, 2.24) is 5.06 Å². The molecule has 0 unspecified atom stereocenters. The van der Waals surface area contributed by atoms with Crippen LogP contribution in [0.4, 0.5) is 0 Å². The number of hydrogen-bond acceptors (Lipinski definition) is 5. The molecule has 0 aliphatic heterocycles. The van der Waals surface area contributed by atoms with Gasteiger partial charge in [-0.25, -0.2) is 5.06 Å². The molecule has 152 valence electrons. The molecule has 0 spiro atoms. The summed E-state index contributed by atoms with van der Waals surface area (Å²) in [6.07, 6.45) is 0.856. The third-order valence-electron chi connectivity index (χ3n) is 4.71. The van der Waals surface area contributed by atoms with Gasteiger partial charge in [0, 0.05) is 28.3 Å². The second kappa shape index (κ2) is 9.58. The van der Waals surface area contributed by atoms with Crippen LogP contribution in [0.15, 0.2) is 54.6 Å². The summed E-state index contributed by atoms with van der Waals surface area (Å²) in [7, 11) is 3.30. The van der Waals surface area contributed by atoms with Crippen molar-refractivity contribution in [3.63, 3.8) is 0 Å². The van der Waals surface area contributed by atoms with Crippen molar-refractivity contribution >= 4 is 17.2 Å².